The van der Waals surface area contributed by atoms with Crippen LogP contribution in [0.4, 0.5) is 0 Å². The van der Waals surface area contributed by atoms with Gasteiger partial charge in [-0.05, 0) is 37.6 Å². The maximum Gasteiger partial charge on any atom is 0.0211 e. The number of hydrogen-bond acceptors (Lipinski definition) is 2. The monoisotopic (exact) mass is 218 g/mol. The summed E-state index contributed by atoms with van der Waals surface area (Å²) in [6.07, 6.45) is 2.41. The van der Waals surface area contributed by atoms with E-state index in [1.165, 1.54) is 30.6 Å². The summed E-state index contributed by atoms with van der Waals surface area (Å²) in [5.41, 5.74) is 2.93. The van der Waals surface area contributed by atoms with Crippen molar-refractivity contribution in [2.24, 2.45) is 0 Å². The van der Waals surface area contributed by atoms with Gasteiger partial charge in [0, 0.05) is 19.1 Å². The van der Waals surface area contributed by atoms with Crippen LogP contribution in [0.25, 0.3) is 0 Å². The van der Waals surface area contributed by atoms with Gasteiger partial charge in [-0.15, -0.1) is 0 Å². The van der Waals surface area contributed by atoms with Gasteiger partial charge in [0.05, 0.1) is 0 Å². The third kappa shape index (κ3) is 2.83. The normalized spacial score (nSPS) is 21.5. The Morgan fingerprint density at radius 3 is 2.69 bits per heavy atom. The number of rotatable bonds is 4. The van der Waals surface area contributed by atoms with Gasteiger partial charge < -0.3 is 10.2 Å². The van der Waals surface area contributed by atoms with Crippen LogP contribution in [0.3, 0.4) is 0 Å². The van der Waals surface area contributed by atoms with E-state index < -0.39 is 0 Å². The summed E-state index contributed by atoms with van der Waals surface area (Å²) in [6, 6.07) is 9.42. The summed E-state index contributed by atoms with van der Waals surface area (Å²) in [4.78, 5) is 2.39. The fraction of sp³-hybridized carbons (Fsp3) is 0.571. The van der Waals surface area contributed by atoms with Crippen molar-refractivity contribution in [1.29, 1.82) is 0 Å². The molecule has 1 N–H and O–H groups in total. The van der Waals surface area contributed by atoms with E-state index in [4.69, 9.17) is 0 Å². The van der Waals surface area contributed by atoms with Crippen LogP contribution in [0, 0.1) is 0 Å². The Kier molecular flexibility index (Phi) is 3.97. The zero-order chi connectivity index (χ0) is 11.4. The second-order valence-electron chi connectivity index (χ2n) is 4.75. The molecule has 0 radical (unpaired) electrons. The smallest absolute Gasteiger partial charge is 0.0211 e. The number of likely N-dealkylation sites (N-methyl/N-ethyl adjacent to an activating group) is 1. The van der Waals surface area contributed by atoms with E-state index in [1.807, 2.05) is 0 Å². The van der Waals surface area contributed by atoms with Gasteiger partial charge in [0.15, 0.2) is 0 Å². The Morgan fingerprint density at radius 2 is 2.06 bits per heavy atom. The van der Waals surface area contributed by atoms with Gasteiger partial charge in [0.1, 0.15) is 0 Å². The fourth-order valence-electron chi connectivity index (χ4n) is 2.43. The molecule has 1 heterocycles. The van der Waals surface area contributed by atoms with Crippen LogP contribution in [-0.2, 0) is 13.0 Å². The lowest BCUT2D eigenvalue weighted by molar-refractivity contribution is 0.397. The van der Waals surface area contributed by atoms with Gasteiger partial charge in [0.2, 0.25) is 0 Å². The summed E-state index contributed by atoms with van der Waals surface area (Å²) in [7, 11) is 2.20. The molecule has 1 aromatic rings. The van der Waals surface area contributed by atoms with Gasteiger partial charge in [-0.25, -0.2) is 0 Å². The van der Waals surface area contributed by atoms with Gasteiger partial charge in [-0.2, -0.15) is 0 Å². The molecule has 1 fully saturated rings. The third-order valence-electron chi connectivity index (χ3n) is 3.47. The third-order valence-corrected chi connectivity index (χ3v) is 3.47. The van der Waals surface area contributed by atoms with Crippen LogP contribution in [0.15, 0.2) is 24.3 Å². The summed E-state index contributed by atoms with van der Waals surface area (Å²) < 4.78 is 0. The molecule has 0 saturated carbocycles. The summed E-state index contributed by atoms with van der Waals surface area (Å²) in [6.45, 7) is 5.66. The molecule has 0 bridgehead atoms. The number of likely N-dealkylation sites (tertiary alicyclic amines) is 1. The first-order valence-electron chi connectivity index (χ1n) is 6.28. The van der Waals surface area contributed by atoms with E-state index in [-0.39, 0.29) is 0 Å². The Labute approximate surface area is 98.7 Å². The molecule has 1 unspecified atom stereocenters. The maximum absolute atomic E-state index is 3.66. The molecule has 1 aromatic carbocycles. The molecule has 0 aromatic heterocycles. The first kappa shape index (κ1) is 11.6. The van der Waals surface area contributed by atoms with Gasteiger partial charge in [-0.1, -0.05) is 31.2 Å². The first-order chi connectivity index (χ1) is 7.79. The van der Waals surface area contributed by atoms with Crippen LogP contribution >= 0.6 is 0 Å². The predicted octanol–water partition coefficient (Wildman–Crippen LogP) is 2.04. The van der Waals surface area contributed by atoms with Crippen molar-refractivity contribution in [1.82, 2.24) is 10.2 Å². The van der Waals surface area contributed by atoms with Crippen molar-refractivity contribution in [2.45, 2.75) is 32.4 Å². The van der Waals surface area contributed by atoms with Crippen molar-refractivity contribution in [2.75, 3.05) is 20.1 Å². The number of benzene rings is 1. The Morgan fingerprint density at radius 1 is 1.31 bits per heavy atom. The standard InChI is InChI=1S/C14H22N2/c1-3-12-6-4-5-7-13(12)10-15-14-8-9-16(2)11-14/h4-7,14-15H,3,8-11H2,1-2H3. The molecule has 2 rings (SSSR count). The highest BCUT2D eigenvalue weighted by Gasteiger charge is 2.18. The summed E-state index contributed by atoms with van der Waals surface area (Å²) in [5, 5.41) is 3.66. The fourth-order valence-corrected chi connectivity index (χ4v) is 2.43. The SMILES string of the molecule is CCc1ccccc1CNC1CCN(C)C1. The van der Waals surface area contributed by atoms with E-state index >= 15 is 0 Å². The number of aryl methyl sites for hydroxylation is 1. The topological polar surface area (TPSA) is 15.3 Å². The van der Waals surface area contributed by atoms with Crippen molar-refractivity contribution < 1.29 is 0 Å². The number of nitrogens with one attached hydrogen (secondary N) is 1. The van der Waals surface area contributed by atoms with E-state index in [9.17, 15) is 0 Å². The molecule has 88 valence electrons. The molecule has 2 nitrogen and oxygen atoms in total. The van der Waals surface area contributed by atoms with E-state index in [0.29, 0.717) is 6.04 Å². The Balaban J connectivity index is 1.89. The minimum atomic E-state index is 0.676. The molecule has 0 spiro atoms. The number of hydrogen-bond donors (Lipinski definition) is 1. The highest BCUT2D eigenvalue weighted by Crippen LogP contribution is 2.11. The van der Waals surface area contributed by atoms with Gasteiger partial charge in [-0.3, -0.25) is 0 Å². The average Bonchev–Trinajstić information content (AvgIpc) is 2.73. The molecule has 1 atom stereocenters. The molecular weight excluding hydrogens is 196 g/mol. The predicted molar refractivity (Wildman–Crippen MR) is 68.6 cm³/mol. The largest absolute Gasteiger partial charge is 0.309 e. The molecule has 1 aliphatic rings. The zero-order valence-electron chi connectivity index (χ0n) is 10.4. The average molecular weight is 218 g/mol. The molecule has 2 heteroatoms. The van der Waals surface area contributed by atoms with E-state index in [1.54, 1.807) is 0 Å². The van der Waals surface area contributed by atoms with Crippen LogP contribution in [0.1, 0.15) is 24.5 Å². The van der Waals surface area contributed by atoms with E-state index in [2.05, 4.69) is 48.5 Å². The van der Waals surface area contributed by atoms with Crippen LogP contribution in [0.2, 0.25) is 0 Å². The second kappa shape index (κ2) is 5.46. The molecule has 0 amide bonds. The number of nitrogens with zero attached hydrogens (tertiary/aromatic N) is 1. The highest BCUT2D eigenvalue weighted by atomic mass is 15.2. The lowest BCUT2D eigenvalue weighted by Crippen LogP contribution is -2.31. The quantitative estimate of drug-likeness (QED) is 0.832. The molecular formula is C14H22N2. The molecule has 0 aliphatic carbocycles. The van der Waals surface area contributed by atoms with Crippen molar-refractivity contribution in [3.63, 3.8) is 0 Å². The van der Waals surface area contributed by atoms with Crippen molar-refractivity contribution >= 4 is 0 Å². The second-order valence-corrected chi connectivity index (χ2v) is 4.75. The highest BCUT2D eigenvalue weighted by molar-refractivity contribution is 5.26. The lowest BCUT2D eigenvalue weighted by Gasteiger charge is -2.14. The summed E-state index contributed by atoms with van der Waals surface area (Å²) >= 11 is 0. The van der Waals surface area contributed by atoms with Crippen molar-refractivity contribution in [3.8, 4) is 0 Å². The van der Waals surface area contributed by atoms with Crippen LogP contribution in [0.5, 0.6) is 0 Å². The summed E-state index contributed by atoms with van der Waals surface area (Å²) in [5.74, 6) is 0. The van der Waals surface area contributed by atoms with Crippen LogP contribution in [-0.4, -0.2) is 31.1 Å². The van der Waals surface area contributed by atoms with E-state index in [0.717, 1.165) is 13.0 Å². The zero-order valence-corrected chi connectivity index (χ0v) is 10.4. The maximum atomic E-state index is 3.66. The Bertz CT molecular complexity index is 335. The van der Waals surface area contributed by atoms with Gasteiger partial charge in [0.25, 0.3) is 0 Å². The minimum Gasteiger partial charge on any atom is -0.309 e. The molecule has 1 saturated heterocycles. The molecule has 1 aliphatic heterocycles. The first-order valence-corrected chi connectivity index (χ1v) is 6.28. The van der Waals surface area contributed by atoms with Crippen LogP contribution < -0.4 is 5.32 Å². The van der Waals surface area contributed by atoms with Crippen molar-refractivity contribution in [3.05, 3.63) is 35.4 Å². The lowest BCUT2D eigenvalue weighted by atomic mass is 10.1. The minimum absolute atomic E-state index is 0.676. The van der Waals surface area contributed by atoms with Gasteiger partial charge >= 0.3 is 0 Å². The Hall–Kier alpha value is -0.860. The molecule has 16 heavy (non-hydrogen) atoms.